The molecule has 0 saturated carbocycles. The Morgan fingerprint density at radius 1 is 1.36 bits per heavy atom. The number of anilines is 1. The van der Waals surface area contributed by atoms with E-state index in [0.29, 0.717) is 11.9 Å². The fourth-order valence-corrected chi connectivity index (χ4v) is 2.27. The van der Waals surface area contributed by atoms with Gasteiger partial charge in [0.1, 0.15) is 6.26 Å². The standard InChI is InChI=1S/C14H13N5O3/c20-13(12-2-4-22-18-12)17-14-11(1-3-21-14)9-5-16-19(8-9)10-6-15-7-10/h1-5,8,10,15H,6-7H2,(H,17,20). The van der Waals surface area contributed by atoms with Crippen LogP contribution in [0, 0.1) is 0 Å². The molecule has 3 aromatic rings. The summed E-state index contributed by atoms with van der Waals surface area (Å²) in [5.41, 5.74) is 1.85. The van der Waals surface area contributed by atoms with Gasteiger partial charge in [-0.05, 0) is 6.07 Å². The van der Waals surface area contributed by atoms with E-state index in [0.717, 1.165) is 24.2 Å². The van der Waals surface area contributed by atoms with Crippen molar-refractivity contribution in [2.75, 3.05) is 18.4 Å². The molecule has 1 aliphatic heterocycles. The molecule has 1 aliphatic rings. The van der Waals surface area contributed by atoms with Crippen molar-refractivity contribution in [2.24, 2.45) is 0 Å². The zero-order chi connectivity index (χ0) is 14.9. The summed E-state index contributed by atoms with van der Waals surface area (Å²) in [4.78, 5) is 12.0. The molecule has 2 N–H and O–H groups in total. The minimum Gasteiger partial charge on any atom is -0.448 e. The van der Waals surface area contributed by atoms with Gasteiger partial charge in [0.15, 0.2) is 5.69 Å². The summed E-state index contributed by atoms with van der Waals surface area (Å²) in [7, 11) is 0. The lowest BCUT2D eigenvalue weighted by Crippen LogP contribution is -2.43. The van der Waals surface area contributed by atoms with Crippen molar-refractivity contribution in [3.8, 4) is 11.1 Å². The molecule has 1 fully saturated rings. The maximum atomic E-state index is 12.0. The SMILES string of the molecule is O=C(Nc1occc1-c1cnn(C2CNC2)c1)c1ccon1. The molecule has 8 nitrogen and oxygen atoms in total. The number of nitrogens with one attached hydrogen (secondary N) is 2. The first-order chi connectivity index (χ1) is 10.8. The topological polar surface area (TPSA) is 98.1 Å². The van der Waals surface area contributed by atoms with E-state index in [-0.39, 0.29) is 11.6 Å². The molecule has 0 unspecified atom stereocenters. The Morgan fingerprint density at radius 2 is 2.27 bits per heavy atom. The summed E-state index contributed by atoms with van der Waals surface area (Å²) in [5.74, 6) is -0.0279. The number of hydrogen-bond acceptors (Lipinski definition) is 6. The lowest BCUT2D eigenvalue weighted by atomic mass is 10.1. The molecular weight excluding hydrogens is 286 g/mol. The minimum atomic E-state index is -0.388. The number of carbonyl (C=O) groups is 1. The van der Waals surface area contributed by atoms with Gasteiger partial charge in [-0.15, -0.1) is 0 Å². The molecule has 4 rings (SSSR count). The van der Waals surface area contributed by atoms with Crippen LogP contribution in [0.5, 0.6) is 0 Å². The molecule has 22 heavy (non-hydrogen) atoms. The third-order valence-electron chi connectivity index (χ3n) is 3.61. The van der Waals surface area contributed by atoms with E-state index in [1.54, 1.807) is 12.3 Å². The van der Waals surface area contributed by atoms with Gasteiger partial charge >= 0.3 is 0 Å². The average Bonchev–Trinajstić information content (AvgIpc) is 3.17. The fourth-order valence-electron chi connectivity index (χ4n) is 2.27. The molecule has 0 atom stereocenters. The van der Waals surface area contributed by atoms with Gasteiger partial charge in [-0.3, -0.25) is 14.8 Å². The van der Waals surface area contributed by atoms with Crippen molar-refractivity contribution in [3.63, 3.8) is 0 Å². The number of aromatic nitrogens is 3. The van der Waals surface area contributed by atoms with Gasteiger partial charge in [-0.2, -0.15) is 5.10 Å². The van der Waals surface area contributed by atoms with Crippen LogP contribution in [-0.2, 0) is 0 Å². The highest BCUT2D eigenvalue weighted by Gasteiger charge is 2.21. The smallest absolute Gasteiger partial charge is 0.280 e. The second-order valence-corrected chi connectivity index (χ2v) is 5.02. The van der Waals surface area contributed by atoms with Gasteiger partial charge in [0.05, 0.1) is 18.5 Å². The molecule has 1 amide bonds. The van der Waals surface area contributed by atoms with Crippen LogP contribution in [0.2, 0.25) is 0 Å². The zero-order valence-electron chi connectivity index (χ0n) is 11.5. The lowest BCUT2D eigenvalue weighted by molar-refractivity contribution is 0.101. The Balaban J connectivity index is 1.57. The van der Waals surface area contributed by atoms with E-state index >= 15 is 0 Å². The summed E-state index contributed by atoms with van der Waals surface area (Å²) in [6, 6.07) is 3.66. The van der Waals surface area contributed by atoms with Gasteiger partial charge in [-0.1, -0.05) is 5.16 Å². The Kier molecular flexibility index (Phi) is 3.01. The fraction of sp³-hybridized carbons (Fsp3) is 0.214. The van der Waals surface area contributed by atoms with Crippen LogP contribution in [0.3, 0.4) is 0 Å². The Morgan fingerprint density at radius 3 is 3.00 bits per heavy atom. The summed E-state index contributed by atoms with van der Waals surface area (Å²) in [5, 5.41) is 13.8. The first-order valence-electron chi connectivity index (χ1n) is 6.86. The molecule has 3 aromatic heterocycles. The van der Waals surface area contributed by atoms with E-state index in [4.69, 9.17) is 4.42 Å². The normalized spacial score (nSPS) is 14.7. The second-order valence-electron chi connectivity index (χ2n) is 5.02. The predicted molar refractivity (Wildman–Crippen MR) is 76.3 cm³/mol. The van der Waals surface area contributed by atoms with Crippen LogP contribution < -0.4 is 10.6 Å². The number of amides is 1. The first kappa shape index (κ1) is 12.8. The number of hydrogen-bond donors (Lipinski definition) is 2. The second kappa shape index (κ2) is 5.15. The molecule has 4 heterocycles. The molecule has 1 saturated heterocycles. The summed E-state index contributed by atoms with van der Waals surface area (Å²) in [6.07, 6.45) is 6.57. The monoisotopic (exact) mass is 299 g/mol. The van der Waals surface area contributed by atoms with Crippen LogP contribution in [0.4, 0.5) is 5.88 Å². The highest BCUT2D eigenvalue weighted by Crippen LogP contribution is 2.30. The van der Waals surface area contributed by atoms with E-state index in [2.05, 4.69) is 25.4 Å². The molecule has 0 aromatic carbocycles. The first-order valence-corrected chi connectivity index (χ1v) is 6.86. The Hall–Kier alpha value is -2.87. The average molecular weight is 299 g/mol. The molecule has 0 radical (unpaired) electrons. The quantitative estimate of drug-likeness (QED) is 0.758. The van der Waals surface area contributed by atoms with Crippen molar-refractivity contribution in [1.29, 1.82) is 0 Å². The minimum absolute atomic E-state index is 0.193. The lowest BCUT2D eigenvalue weighted by Gasteiger charge is -2.27. The van der Waals surface area contributed by atoms with Crippen molar-refractivity contribution >= 4 is 11.8 Å². The van der Waals surface area contributed by atoms with Gasteiger partial charge in [0.25, 0.3) is 5.91 Å². The third-order valence-corrected chi connectivity index (χ3v) is 3.61. The molecular formula is C14H13N5O3. The summed E-state index contributed by atoms with van der Waals surface area (Å²) in [6.45, 7) is 1.84. The predicted octanol–water partition coefficient (Wildman–Crippen LogP) is 1.53. The van der Waals surface area contributed by atoms with Crippen molar-refractivity contribution in [1.82, 2.24) is 20.3 Å². The molecule has 0 bridgehead atoms. The van der Waals surface area contributed by atoms with Crippen LogP contribution >= 0.6 is 0 Å². The van der Waals surface area contributed by atoms with Crippen molar-refractivity contribution in [3.05, 3.63) is 42.7 Å². The largest absolute Gasteiger partial charge is 0.448 e. The molecule has 0 spiro atoms. The van der Waals surface area contributed by atoms with E-state index < -0.39 is 0 Å². The number of furan rings is 1. The van der Waals surface area contributed by atoms with E-state index in [9.17, 15) is 4.79 Å². The van der Waals surface area contributed by atoms with Gasteiger partial charge < -0.3 is 14.3 Å². The van der Waals surface area contributed by atoms with Gasteiger partial charge in [0, 0.05) is 36.5 Å². The van der Waals surface area contributed by atoms with Crippen LogP contribution in [0.1, 0.15) is 16.5 Å². The summed E-state index contributed by atoms with van der Waals surface area (Å²) < 4.78 is 11.9. The zero-order valence-corrected chi connectivity index (χ0v) is 11.5. The van der Waals surface area contributed by atoms with E-state index in [1.165, 1.54) is 18.6 Å². The Labute approximate surface area is 125 Å². The molecule has 8 heteroatoms. The van der Waals surface area contributed by atoms with Crippen LogP contribution in [0.25, 0.3) is 11.1 Å². The summed E-state index contributed by atoms with van der Waals surface area (Å²) >= 11 is 0. The molecule has 112 valence electrons. The maximum Gasteiger partial charge on any atom is 0.280 e. The van der Waals surface area contributed by atoms with Crippen LogP contribution in [0.15, 0.2) is 46.0 Å². The van der Waals surface area contributed by atoms with Crippen molar-refractivity contribution in [2.45, 2.75) is 6.04 Å². The Bertz CT molecular complexity index is 785. The number of carbonyl (C=O) groups excluding carboxylic acids is 1. The molecule has 0 aliphatic carbocycles. The van der Waals surface area contributed by atoms with Gasteiger partial charge in [0.2, 0.25) is 5.88 Å². The number of nitrogens with zero attached hydrogens (tertiary/aromatic N) is 3. The highest BCUT2D eigenvalue weighted by molar-refractivity contribution is 6.03. The highest BCUT2D eigenvalue weighted by atomic mass is 16.5. The van der Waals surface area contributed by atoms with Crippen molar-refractivity contribution < 1.29 is 13.7 Å². The van der Waals surface area contributed by atoms with Gasteiger partial charge in [-0.25, -0.2) is 0 Å². The number of rotatable bonds is 4. The van der Waals surface area contributed by atoms with Crippen LogP contribution in [-0.4, -0.2) is 33.9 Å². The third kappa shape index (κ3) is 2.19. The van der Waals surface area contributed by atoms with E-state index in [1.807, 2.05) is 10.9 Å². The maximum absolute atomic E-state index is 12.0.